The second-order valence-corrected chi connectivity index (χ2v) is 4.09. The summed E-state index contributed by atoms with van der Waals surface area (Å²) in [6.07, 6.45) is -0.880. The van der Waals surface area contributed by atoms with Crippen LogP contribution in [0.4, 0.5) is 4.79 Å². The zero-order valence-corrected chi connectivity index (χ0v) is 11.7. The number of carbonyl (C=O) groups is 2. The van der Waals surface area contributed by atoms with Gasteiger partial charge in [-0.2, -0.15) is 0 Å². The Morgan fingerprint density at radius 2 is 2.10 bits per heavy atom. The van der Waals surface area contributed by atoms with Crippen molar-refractivity contribution in [3.8, 4) is 11.5 Å². The quantitative estimate of drug-likeness (QED) is 0.699. The predicted molar refractivity (Wildman–Crippen MR) is 73.6 cm³/mol. The fraction of sp³-hybridized carbons (Fsp3) is 0.385. The first-order chi connectivity index (χ1) is 9.49. The Labute approximate surface area is 117 Å². The van der Waals surface area contributed by atoms with E-state index in [-0.39, 0.29) is 0 Å². The van der Waals surface area contributed by atoms with E-state index in [4.69, 9.17) is 15.2 Å². The molecule has 0 aliphatic carbocycles. The van der Waals surface area contributed by atoms with Gasteiger partial charge in [0.15, 0.2) is 17.6 Å². The van der Waals surface area contributed by atoms with Crippen LogP contribution in [0.15, 0.2) is 18.2 Å². The summed E-state index contributed by atoms with van der Waals surface area (Å²) in [5.41, 5.74) is 5.74. The Kier molecular flexibility index (Phi) is 5.79. The molecule has 110 valence electrons. The van der Waals surface area contributed by atoms with Crippen LogP contribution in [0, 0.1) is 0 Å². The van der Waals surface area contributed by atoms with E-state index < -0.39 is 18.0 Å². The molecular weight excluding hydrogens is 262 g/mol. The third-order valence-corrected chi connectivity index (χ3v) is 2.56. The van der Waals surface area contributed by atoms with Crippen LogP contribution >= 0.6 is 0 Å². The topological polar surface area (TPSA) is 103 Å². The molecule has 1 aromatic carbocycles. The lowest BCUT2D eigenvalue weighted by Crippen LogP contribution is -2.42. The van der Waals surface area contributed by atoms with Crippen molar-refractivity contribution in [2.75, 3.05) is 14.2 Å². The van der Waals surface area contributed by atoms with Crippen LogP contribution in [-0.4, -0.2) is 32.2 Å². The lowest BCUT2D eigenvalue weighted by atomic mass is 10.2. The van der Waals surface area contributed by atoms with Crippen molar-refractivity contribution in [1.82, 2.24) is 10.6 Å². The number of hydrogen-bond acceptors (Lipinski definition) is 5. The van der Waals surface area contributed by atoms with Gasteiger partial charge in [-0.1, -0.05) is 12.1 Å². The van der Waals surface area contributed by atoms with Gasteiger partial charge in [0.05, 0.1) is 7.11 Å². The van der Waals surface area contributed by atoms with Crippen molar-refractivity contribution < 1.29 is 19.1 Å². The molecule has 0 saturated heterocycles. The molecule has 7 nitrogen and oxygen atoms in total. The van der Waals surface area contributed by atoms with Gasteiger partial charge in [-0.15, -0.1) is 0 Å². The average Bonchev–Trinajstić information content (AvgIpc) is 2.40. The SMILES string of the molecule is CNCc1cccc(OC)c1OC(C)C(=O)NC(N)=O. The smallest absolute Gasteiger partial charge is 0.318 e. The van der Waals surface area contributed by atoms with Crippen molar-refractivity contribution >= 4 is 11.9 Å². The molecule has 1 rings (SSSR count). The molecule has 0 spiro atoms. The first-order valence-electron chi connectivity index (χ1n) is 6.07. The summed E-state index contributed by atoms with van der Waals surface area (Å²) >= 11 is 0. The minimum absolute atomic E-state index is 0.455. The molecule has 1 aromatic rings. The molecule has 0 aliphatic rings. The number of imide groups is 1. The van der Waals surface area contributed by atoms with Gasteiger partial charge in [0.25, 0.3) is 5.91 Å². The molecule has 20 heavy (non-hydrogen) atoms. The van der Waals surface area contributed by atoms with Gasteiger partial charge in [0, 0.05) is 12.1 Å². The number of benzene rings is 1. The lowest BCUT2D eigenvalue weighted by Gasteiger charge is -2.18. The molecule has 0 heterocycles. The number of methoxy groups -OCH3 is 1. The Bertz CT molecular complexity index is 491. The maximum atomic E-state index is 11.6. The van der Waals surface area contributed by atoms with E-state index in [9.17, 15) is 9.59 Å². The van der Waals surface area contributed by atoms with E-state index in [1.54, 1.807) is 13.1 Å². The lowest BCUT2D eigenvalue weighted by molar-refractivity contribution is -0.126. The average molecular weight is 281 g/mol. The molecule has 3 amide bonds. The summed E-state index contributed by atoms with van der Waals surface area (Å²) in [7, 11) is 3.31. The molecule has 0 aromatic heterocycles. The van der Waals surface area contributed by atoms with Crippen molar-refractivity contribution in [3.05, 3.63) is 23.8 Å². The number of primary amides is 1. The highest BCUT2D eigenvalue weighted by Crippen LogP contribution is 2.31. The Balaban J connectivity index is 2.94. The van der Waals surface area contributed by atoms with Gasteiger partial charge in [-0.3, -0.25) is 10.1 Å². The van der Waals surface area contributed by atoms with E-state index in [1.165, 1.54) is 14.0 Å². The largest absolute Gasteiger partial charge is 0.493 e. The minimum atomic E-state index is -0.916. The van der Waals surface area contributed by atoms with Crippen molar-refractivity contribution in [3.63, 3.8) is 0 Å². The molecular formula is C13H19N3O4. The highest BCUT2D eigenvalue weighted by atomic mass is 16.5. The van der Waals surface area contributed by atoms with Crippen LogP contribution in [0.1, 0.15) is 12.5 Å². The zero-order chi connectivity index (χ0) is 15.1. The number of nitrogens with two attached hydrogens (primary N) is 1. The minimum Gasteiger partial charge on any atom is -0.493 e. The van der Waals surface area contributed by atoms with E-state index in [0.717, 1.165) is 5.56 Å². The van der Waals surface area contributed by atoms with E-state index in [1.807, 2.05) is 17.4 Å². The second kappa shape index (κ2) is 7.34. The van der Waals surface area contributed by atoms with Crippen LogP contribution in [0.5, 0.6) is 11.5 Å². The van der Waals surface area contributed by atoms with E-state index in [0.29, 0.717) is 18.0 Å². The van der Waals surface area contributed by atoms with E-state index >= 15 is 0 Å². The van der Waals surface area contributed by atoms with Gasteiger partial charge < -0.3 is 20.5 Å². The number of ether oxygens (including phenoxy) is 2. The number of urea groups is 1. The van der Waals surface area contributed by atoms with Crippen LogP contribution in [0.3, 0.4) is 0 Å². The van der Waals surface area contributed by atoms with Crippen LogP contribution in [0.2, 0.25) is 0 Å². The third-order valence-electron chi connectivity index (χ3n) is 2.56. The third kappa shape index (κ3) is 4.13. The molecule has 4 N–H and O–H groups in total. The standard InChI is InChI=1S/C13H19N3O4/c1-8(12(17)16-13(14)18)20-11-9(7-15-2)5-4-6-10(11)19-3/h4-6,8,15H,7H2,1-3H3,(H3,14,16,17,18). The molecule has 1 unspecified atom stereocenters. The first kappa shape index (κ1) is 15.8. The summed E-state index contributed by atoms with van der Waals surface area (Å²) in [5.74, 6) is 0.353. The second-order valence-electron chi connectivity index (χ2n) is 4.09. The Morgan fingerprint density at radius 3 is 2.65 bits per heavy atom. The summed E-state index contributed by atoms with van der Waals surface area (Å²) in [6.45, 7) is 2.07. The molecule has 0 bridgehead atoms. The normalized spacial score (nSPS) is 11.6. The Hall–Kier alpha value is -2.28. The number of carbonyl (C=O) groups excluding carboxylic acids is 2. The highest BCUT2D eigenvalue weighted by molar-refractivity contribution is 5.95. The fourth-order valence-corrected chi connectivity index (χ4v) is 1.64. The van der Waals surface area contributed by atoms with Crippen LogP contribution in [-0.2, 0) is 11.3 Å². The van der Waals surface area contributed by atoms with E-state index in [2.05, 4.69) is 5.32 Å². The number of para-hydroxylation sites is 1. The predicted octanol–water partition coefficient (Wildman–Crippen LogP) is 0.377. The molecule has 1 atom stereocenters. The summed E-state index contributed by atoms with van der Waals surface area (Å²) in [6, 6.07) is 4.49. The monoisotopic (exact) mass is 281 g/mol. The molecule has 0 aliphatic heterocycles. The van der Waals surface area contributed by atoms with Gasteiger partial charge in [0.2, 0.25) is 0 Å². The van der Waals surface area contributed by atoms with Gasteiger partial charge in [-0.25, -0.2) is 4.79 Å². The fourth-order valence-electron chi connectivity index (χ4n) is 1.64. The summed E-state index contributed by atoms with van der Waals surface area (Å²) < 4.78 is 10.8. The van der Waals surface area contributed by atoms with Crippen molar-refractivity contribution in [1.29, 1.82) is 0 Å². The van der Waals surface area contributed by atoms with Crippen molar-refractivity contribution in [2.24, 2.45) is 5.73 Å². The highest BCUT2D eigenvalue weighted by Gasteiger charge is 2.20. The first-order valence-corrected chi connectivity index (χ1v) is 6.07. The maximum Gasteiger partial charge on any atom is 0.318 e. The Morgan fingerprint density at radius 1 is 1.40 bits per heavy atom. The van der Waals surface area contributed by atoms with Gasteiger partial charge >= 0.3 is 6.03 Å². The summed E-state index contributed by atoms with van der Waals surface area (Å²) in [4.78, 5) is 22.3. The number of hydrogen-bond donors (Lipinski definition) is 3. The van der Waals surface area contributed by atoms with Crippen LogP contribution < -0.4 is 25.8 Å². The molecule has 0 saturated carbocycles. The molecule has 0 radical (unpaired) electrons. The molecule has 7 heteroatoms. The summed E-state index contributed by atoms with van der Waals surface area (Å²) in [5, 5.41) is 4.97. The van der Waals surface area contributed by atoms with Crippen LogP contribution in [0.25, 0.3) is 0 Å². The van der Waals surface area contributed by atoms with Crippen molar-refractivity contribution in [2.45, 2.75) is 19.6 Å². The van der Waals surface area contributed by atoms with Gasteiger partial charge in [-0.05, 0) is 20.0 Å². The maximum absolute atomic E-state index is 11.6. The number of rotatable bonds is 6. The number of amides is 3. The van der Waals surface area contributed by atoms with Gasteiger partial charge in [0.1, 0.15) is 0 Å². The molecule has 0 fully saturated rings. The zero-order valence-electron chi connectivity index (χ0n) is 11.7. The number of nitrogens with one attached hydrogen (secondary N) is 2.